The van der Waals surface area contributed by atoms with Crippen molar-refractivity contribution < 1.29 is 4.79 Å². The zero-order valence-electron chi connectivity index (χ0n) is 13.4. The Labute approximate surface area is 160 Å². The Morgan fingerprint density at radius 1 is 1.21 bits per heavy atom. The molecule has 132 valence electrons. The maximum Gasteiger partial charge on any atom is 0.253 e. The molecule has 1 aromatic carbocycles. The molecule has 24 heavy (non-hydrogen) atoms. The lowest BCUT2D eigenvalue weighted by Crippen LogP contribution is -2.25. The van der Waals surface area contributed by atoms with Gasteiger partial charge in [-0.25, -0.2) is 0 Å². The monoisotopic (exact) mass is 389 g/mol. The van der Waals surface area contributed by atoms with Crippen LogP contribution in [-0.4, -0.2) is 24.5 Å². The number of carbonyl (C=O) groups is 1. The molecular formula is C17H22Cl3N3O. The molecule has 2 aromatic rings. The van der Waals surface area contributed by atoms with Crippen LogP contribution < -0.4 is 10.6 Å². The summed E-state index contributed by atoms with van der Waals surface area (Å²) in [6.45, 7) is 0.648. The summed E-state index contributed by atoms with van der Waals surface area (Å²) in [7, 11) is 1.79. The van der Waals surface area contributed by atoms with E-state index < -0.39 is 0 Å². The molecule has 0 saturated carbocycles. The van der Waals surface area contributed by atoms with Crippen molar-refractivity contribution in [2.75, 3.05) is 18.9 Å². The average Bonchev–Trinajstić information content (AvgIpc) is 2.55. The Kier molecular flexibility index (Phi) is 11.2. The van der Waals surface area contributed by atoms with Crippen LogP contribution in [0.25, 0.3) is 0 Å². The second-order valence-corrected chi connectivity index (χ2v) is 5.45. The maximum absolute atomic E-state index is 12.2. The van der Waals surface area contributed by atoms with Crippen LogP contribution in [0.3, 0.4) is 0 Å². The molecule has 2 N–H and O–H groups in total. The van der Waals surface area contributed by atoms with Crippen molar-refractivity contribution in [3.8, 4) is 0 Å². The summed E-state index contributed by atoms with van der Waals surface area (Å²) in [5, 5.41) is 6.49. The third-order valence-electron chi connectivity index (χ3n) is 3.40. The Morgan fingerprint density at radius 2 is 2.00 bits per heavy atom. The van der Waals surface area contributed by atoms with E-state index in [-0.39, 0.29) is 30.7 Å². The van der Waals surface area contributed by atoms with Gasteiger partial charge in [-0.2, -0.15) is 0 Å². The predicted octanol–water partition coefficient (Wildman–Crippen LogP) is 4.37. The van der Waals surface area contributed by atoms with Crippen LogP contribution in [0.5, 0.6) is 0 Å². The van der Waals surface area contributed by atoms with E-state index in [2.05, 4.69) is 21.7 Å². The highest BCUT2D eigenvalue weighted by atomic mass is 35.5. The van der Waals surface area contributed by atoms with E-state index in [0.717, 1.165) is 24.9 Å². The average molecular weight is 391 g/mol. The number of nitrogens with zero attached hydrogens (tertiary/aromatic N) is 1. The Hall–Kier alpha value is -1.49. The molecule has 7 heteroatoms. The topological polar surface area (TPSA) is 54.0 Å². The molecule has 1 amide bonds. The number of rotatable bonds is 7. The van der Waals surface area contributed by atoms with Gasteiger partial charge in [0, 0.05) is 36.7 Å². The summed E-state index contributed by atoms with van der Waals surface area (Å²) >= 11 is 5.96. The molecule has 0 fully saturated rings. The van der Waals surface area contributed by atoms with Crippen LogP contribution in [0.4, 0.5) is 5.69 Å². The minimum atomic E-state index is -0.103. The number of carbonyl (C=O) groups excluding carboxylic acids is 1. The molecule has 1 aromatic heterocycles. The number of nitrogens with one attached hydrogen (secondary N) is 2. The molecule has 0 aliphatic rings. The van der Waals surface area contributed by atoms with E-state index in [1.54, 1.807) is 31.4 Å². The molecule has 0 radical (unpaired) electrons. The first-order valence-corrected chi connectivity index (χ1v) is 7.73. The number of hydrogen-bond acceptors (Lipinski definition) is 3. The highest BCUT2D eigenvalue weighted by molar-refractivity contribution is 6.31. The van der Waals surface area contributed by atoms with E-state index in [0.29, 0.717) is 17.1 Å². The number of pyridine rings is 1. The molecule has 0 bridgehead atoms. The van der Waals surface area contributed by atoms with Gasteiger partial charge in [0.15, 0.2) is 0 Å². The van der Waals surface area contributed by atoms with Gasteiger partial charge in [-0.3, -0.25) is 9.78 Å². The van der Waals surface area contributed by atoms with Gasteiger partial charge in [0.25, 0.3) is 5.91 Å². The summed E-state index contributed by atoms with van der Waals surface area (Å²) in [5.74, 6) is -0.103. The van der Waals surface area contributed by atoms with Gasteiger partial charge < -0.3 is 10.6 Å². The number of unbranched alkanes of at least 4 members (excludes halogenated alkanes) is 1. The lowest BCUT2D eigenvalue weighted by atomic mass is 10.1. The molecule has 0 atom stereocenters. The van der Waals surface area contributed by atoms with Crippen molar-refractivity contribution in [2.45, 2.75) is 19.3 Å². The van der Waals surface area contributed by atoms with E-state index in [1.165, 1.54) is 5.56 Å². The first-order valence-electron chi connectivity index (χ1n) is 7.35. The zero-order valence-corrected chi connectivity index (χ0v) is 15.8. The van der Waals surface area contributed by atoms with Gasteiger partial charge in [-0.1, -0.05) is 17.7 Å². The van der Waals surface area contributed by atoms with Crippen molar-refractivity contribution in [1.82, 2.24) is 10.3 Å². The Morgan fingerprint density at radius 3 is 2.67 bits per heavy atom. The highest BCUT2D eigenvalue weighted by Gasteiger charge is 2.10. The van der Waals surface area contributed by atoms with Crippen LogP contribution in [0.1, 0.15) is 28.8 Å². The molecule has 0 aliphatic heterocycles. The highest BCUT2D eigenvalue weighted by Crippen LogP contribution is 2.20. The van der Waals surface area contributed by atoms with Crippen LogP contribution in [0, 0.1) is 0 Å². The third kappa shape index (κ3) is 6.95. The molecule has 0 saturated heterocycles. The number of amides is 1. The van der Waals surface area contributed by atoms with Gasteiger partial charge >= 0.3 is 0 Å². The summed E-state index contributed by atoms with van der Waals surface area (Å²) in [6.07, 6.45) is 6.57. The predicted molar refractivity (Wildman–Crippen MR) is 105 cm³/mol. The zero-order chi connectivity index (χ0) is 15.8. The summed E-state index contributed by atoms with van der Waals surface area (Å²) < 4.78 is 0. The number of halogens is 3. The van der Waals surface area contributed by atoms with Crippen molar-refractivity contribution in [3.63, 3.8) is 0 Å². The van der Waals surface area contributed by atoms with Crippen LogP contribution in [0.15, 0.2) is 42.7 Å². The van der Waals surface area contributed by atoms with Crippen LogP contribution >= 0.6 is 36.4 Å². The Bertz CT molecular complexity index is 624. The van der Waals surface area contributed by atoms with E-state index in [9.17, 15) is 4.79 Å². The lowest BCUT2D eigenvalue weighted by molar-refractivity contribution is 0.0954. The maximum atomic E-state index is 12.2. The standard InChI is InChI=1S/C17H20ClN3O.2ClH/c1-19-16-8-7-14(18)11-15(16)17(22)21-10-3-2-5-13-6-4-9-20-12-13;;/h4,6-9,11-12,19H,2-3,5,10H2,1H3,(H,21,22);2*1H. The first kappa shape index (κ1) is 22.5. The smallest absolute Gasteiger partial charge is 0.253 e. The molecule has 0 spiro atoms. The summed E-state index contributed by atoms with van der Waals surface area (Å²) in [6, 6.07) is 9.25. The fourth-order valence-corrected chi connectivity index (χ4v) is 2.39. The molecular weight excluding hydrogens is 369 g/mol. The first-order chi connectivity index (χ1) is 10.7. The minimum absolute atomic E-state index is 0. The van der Waals surface area contributed by atoms with Crippen LogP contribution in [-0.2, 0) is 6.42 Å². The third-order valence-corrected chi connectivity index (χ3v) is 3.63. The van der Waals surface area contributed by atoms with Gasteiger partial charge in [0.1, 0.15) is 0 Å². The SMILES string of the molecule is CNc1ccc(Cl)cc1C(=O)NCCCCc1cccnc1.Cl.Cl. The molecule has 0 unspecified atom stereocenters. The van der Waals surface area contributed by atoms with Gasteiger partial charge in [0.05, 0.1) is 5.56 Å². The van der Waals surface area contributed by atoms with Gasteiger partial charge in [-0.15, -0.1) is 24.8 Å². The van der Waals surface area contributed by atoms with Crippen molar-refractivity contribution in [1.29, 1.82) is 0 Å². The number of aryl methyl sites for hydroxylation is 1. The molecule has 2 rings (SSSR count). The van der Waals surface area contributed by atoms with E-state index in [4.69, 9.17) is 11.6 Å². The van der Waals surface area contributed by atoms with Crippen molar-refractivity contribution in [3.05, 3.63) is 58.9 Å². The molecule has 1 heterocycles. The largest absolute Gasteiger partial charge is 0.387 e. The van der Waals surface area contributed by atoms with Gasteiger partial charge in [-0.05, 0) is 49.1 Å². The normalized spacial score (nSPS) is 9.42. The minimum Gasteiger partial charge on any atom is -0.387 e. The second kappa shape index (κ2) is 12.0. The summed E-state index contributed by atoms with van der Waals surface area (Å²) in [5.41, 5.74) is 2.57. The van der Waals surface area contributed by atoms with Crippen molar-refractivity contribution in [2.24, 2.45) is 0 Å². The fourth-order valence-electron chi connectivity index (χ4n) is 2.22. The van der Waals surface area contributed by atoms with Crippen molar-refractivity contribution >= 4 is 48.0 Å². The number of hydrogen-bond donors (Lipinski definition) is 2. The number of anilines is 1. The fraction of sp³-hybridized carbons (Fsp3) is 0.294. The number of benzene rings is 1. The van der Waals surface area contributed by atoms with E-state index >= 15 is 0 Å². The Balaban J connectivity index is 0.00000264. The second-order valence-electron chi connectivity index (χ2n) is 5.01. The van der Waals surface area contributed by atoms with Gasteiger partial charge in [0.2, 0.25) is 0 Å². The molecule has 4 nitrogen and oxygen atoms in total. The number of aromatic nitrogens is 1. The van der Waals surface area contributed by atoms with Crippen LogP contribution in [0.2, 0.25) is 5.02 Å². The summed E-state index contributed by atoms with van der Waals surface area (Å²) in [4.78, 5) is 16.3. The molecule has 0 aliphatic carbocycles. The van der Waals surface area contributed by atoms with E-state index in [1.807, 2.05) is 12.3 Å². The quantitative estimate of drug-likeness (QED) is 0.690. The lowest BCUT2D eigenvalue weighted by Gasteiger charge is -2.10.